The summed E-state index contributed by atoms with van der Waals surface area (Å²) < 4.78 is 0. The summed E-state index contributed by atoms with van der Waals surface area (Å²) in [5.74, 6) is 1.02. The van der Waals surface area contributed by atoms with Crippen molar-refractivity contribution in [2.24, 2.45) is 0 Å². The Kier molecular flexibility index (Phi) is 1.73. The fourth-order valence-electron chi connectivity index (χ4n) is 1.28. The van der Waals surface area contributed by atoms with Crippen LogP contribution in [0, 0.1) is 0 Å². The number of rotatable bonds is 1. The van der Waals surface area contributed by atoms with Gasteiger partial charge in [-0.15, -0.1) is 0 Å². The van der Waals surface area contributed by atoms with Gasteiger partial charge in [-0.25, -0.2) is 4.98 Å². The molecule has 3 heteroatoms. The Hall–Kier alpha value is -1.09. The van der Waals surface area contributed by atoms with Gasteiger partial charge in [-0.2, -0.15) is 0 Å². The minimum Gasteiger partial charge on any atom is -0.345 e. The standard InChI is InChI=1S/C8H11N3/c1-3-9-4-2-7(1)8-10-5-6-11-8/h1,5-6,9H,2-4H2,(H,10,11). The largest absolute Gasteiger partial charge is 0.345 e. The molecule has 2 rings (SSSR count). The van der Waals surface area contributed by atoms with Crippen molar-refractivity contribution >= 4 is 5.57 Å². The van der Waals surface area contributed by atoms with Crippen molar-refractivity contribution in [2.75, 3.05) is 13.1 Å². The second kappa shape index (κ2) is 2.88. The van der Waals surface area contributed by atoms with Crippen molar-refractivity contribution in [2.45, 2.75) is 6.42 Å². The van der Waals surface area contributed by atoms with Crippen LogP contribution >= 0.6 is 0 Å². The molecular weight excluding hydrogens is 138 g/mol. The zero-order valence-electron chi connectivity index (χ0n) is 6.30. The lowest BCUT2D eigenvalue weighted by Gasteiger charge is -2.11. The summed E-state index contributed by atoms with van der Waals surface area (Å²) in [5.41, 5.74) is 1.33. The first kappa shape index (κ1) is 6.61. The van der Waals surface area contributed by atoms with Crippen molar-refractivity contribution < 1.29 is 0 Å². The van der Waals surface area contributed by atoms with Crippen molar-refractivity contribution in [3.8, 4) is 0 Å². The number of aromatic amines is 1. The molecule has 3 nitrogen and oxygen atoms in total. The van der Waals surface area contributed by atoms with E-state index in [1.807, 2.05) is 6.20 Å². The van der Waals surface area contributed by atoms with Crippen LogP contribution in [0.1, 0.15) is 12.2 Å². The molecule has 1 aliphatic heterocycles. The van der Waals surface area contributed by atoms with Crippen LogP contribution in [0.25, 0.3) is 5.57 Å². The molecule has 1 aliphatic rings. The van der Waals surface area contributed by atoms with Crippen LogP contribution in [0.4, 0.5) is 0 Å². The molecule has 2 heterocycles. The van der Waals surface area contributed by atoms with Crippen molar-refractivity contribution in [1.82, 2.24) is 15.3 Å². The van der Waals surface area contributed by atoms with Gasteiger partial charge >= 0.3 is 0 Å². The third kappa shape index (κ3) is 1.33. The molecule has 0 aliphatic carbocycles. The highest BCUT2D eigenvalue weighted by Gasteiger charge is 2.05. The number of hydrogen-bond donors (Lipinski definition) is 2. The van der Waals surface area contributed by atoms with Gasteiger partial charge in [0.1, 0.15) is 5.82 Å². The summed E-state index contributed by atoms with van der Waals surface area (Å²) in [7, 11) is 0. The number of aromatic nitrogens is 2. The fraction of sp³-hybridized carbons (Fsp3) is 0.375. The summed E-state index contributed by atoms with van der Waals surface area (Å²) in [4.78, 5) is 7.29. The molecular formula is C8H11N3. The molecule has 0 amide bonds. The van der Waals surface area contributed by atoms with Crippen LogP contribution in [-0.4, -0.2) is 23.1 Å². The topological polar surface area (TPSA) is 40.7 Å². The molecule has 58 valence electrons. The average Bonchev–Trinajstić information content (AvgIpc) is 2.58. The maximum absolute atomic E-state index is 4.19. The van der Waals surface area contributed by atoms with Gasteiger partial charge in [0.05, 0.1) is 0 Å². The highest BCUT2D eigenvalue weighted by Crippen LogP contribution is 2.14. The lowest BCUT2D eigenvalue weighted by atomic mass is 10.1. The molecule has 0 bridgehead atoms. The Morgan fingerprint density at radius 2 is 2.45 bits per heavy atom. The Morgan fingerprint density at radius 3 is 3.09 bits per heavy atom. The van der Waals surface area contributed by atoms with Crippen LogP contribution in [0.15, 0.2) is 18.5 Å². The van der Waals surface area contributed by atoms with Crippen molar-refractivity contribution in [3.63, 3.8) is 0 Å². The third-order valence-electron chi connectivity index (χ3n) is 1.87. The van der Waals surface area contributed by atoms with Gasteiger partial charge in [-0.1, -0.05) is 6.08 Å². The predicted molar refractivity (Wildman–Crippen MR) is 44.1 cm³/mol. The Morgan fingerprint density at radius 1 is 1.45 bits per heavy atom. The molecule has 1 aromatic heterocycles. The molecule has 0 saturated carbocycles. The molecule has 1 aromatic rings. The number of nitrogens with zero attached hydrogens (tertiary/aromatic N) is 1. The normalized spacial score (nSPS) is 18.0. The monoisotopic (exact) mass is 149 g/mol. The smallest absolute Gasteiger partial charge is 0.132 e. The van der Waals surface area contributed by atoms with Crippen LogP contribution in [0.5, 0.6) is 0 Å². The third-order valence-corrected chi connectivity index (χ3v) is 1.87. The van der Waals surface area contributed by atoms with E-state index < -0.39 is 0 Å². The van der Waals surface area contributed by atoms with Gasteiger partial charge in [0.15, 0.2) is 0 Å². The highest BCUT2D eigenvalue weighted by molar-refractivity contribution is 5.60. The van der Waals surface area contributed by atoms with E-state index in [1.165, 1.54) is 5.57 Å². The van der Waals surface area contributed by atoms with Crippen LogP contribution in [-0.2, 0) is 0 Å². The molecule has 0 aromatic carbocycles. The van der Waals surface area contributed by atoms with Gasteiger partial charge in [0.25, 0.3) is 0 Å². The second-order valence-corrected chi connectivity index (χ2v) is 2.62. The first-order valence-corrected chi connectivity index (χ1v) is 3.86. The van der Waals surface area contributed by atoms with Crippen LogP contribution < -0.4 is 5.32 Å². The van der Waals surface area contributed by atoms with E-state index in [2.05, 4.69) is 21.4 Å². The summed E-state index contributed by atoms with van der Waals surface area (Å²) >= 11 is 0. The quantitative estimate of drug-likeness (QED) is 0.619. The number of hydrogen-bond acceptors (Lipinski definition) is 2. The summed E-state index contributed by atoms with van der Waals surface area (Å²) in [5, 5.41) is 3.26. The Labute approximate surface area is 65.5 Å². The maximum Gasteiger partial charge on any atom is 0.132 e. The Bertz CT molecular complexity index is 248. The molecule has 0 saturated heterocycles. The van der Waals surface area contributed by atoms with Crippen LogP contribution in [0.3, 0.4) is 0 Å². The van der Waals surface area contributed by atoms with E-state index in [9.17, 15) is 0 Å². The summed E-state index contributed by atoms with van der Waals surface area (Å²) in [6.45, 7) is 2.03. The SMILES string of the molecule is C1=C(c2ncc[nH]2)CCNC1. The van der Waals surface area contributed by atoms with Crippen molar-refractivity contribution in [3.05, 3.63) is 24.3 Å². The van der Waals surface area contributed by atoms with Crippen LogP contribution in [0.2, 0.25) is 0 Å². The first-order chi connectivity index (χ1) is 5.47. The zero-order valence-corrected chi connectivity index (χ0v) is 6.30. The van der Waals surface area contributed by atoms with E-state index in [0.29, 0.717) is 0 Å². The van der Waals surface area contributed by atoms with Gasteiger partial charge < -0.3 is 10.3 Å². The molecule has 0 atom stereocenters. The van der Waals surface area contributed by atoms with Gasteiger partial charge in [-0.05, 0) is 18.5 Å². The lowest BCUT2D eigenvalue weighted by molar-refractivity contribution is 0.735. The van der Waals surface area contributed by atoms with Gasteiger partial charge in [-0.3, -0.25) is 0 Å². The summed E-state index contributed by atoms with van der Waals surface area (Å²) in [6.07, 6.45) is 6.91. The van der Waals surface area contributed by atoms with E-state index in [1.54, 1.807) is 6.20 Å². The molecule has 0 radical (unpaired) electrons. The fourth-order valence-corrected chi connectivity index (χ4v) is 1.28. The Balaban J connectivity index is 2.22. The van der Waals surface area contributed by atoms with Gasteiger partial charge in [0.2, 0.25) is 0 Å². The predicted octanol–water partition coefficient (Wildman–Crippen LogP) is 0.786. The summed E-state index contributed by atoms with van der Waals surface area (Å²) in [6, 6.07) is 0. The zero-order chi connectivity index (χ0) is 7.52. The molecule has 11 heavy (non-hydrogen) atoms. The molecule has 0 unspecified atom stereocenters. The van der Waals surface area contributed by atoms with E-state index >= 15 is 0 Å². The maximum atomic E-state index is 4.19. The first-order valence-electron chi connectivity index (χ1n) is 3.86. The highest BCUT2D eigenvalue weighted by atomic mass is 14.9. The average molecular weight is 149 g/mol. The molecule has 0 spiro atoms. The number of nitrogens with one attached hydrogen (secondary N) is 2. The second-order valence-electron chi connectivity index (χ2n) is 2.62. The number of H-pyrrole nitrogens is 1. The van der Waals surface area contributed by atoms with E-state index in [4.69, 9.17) is 0 Å². The minimum absolute atomic E-state index is 0.968. The number of imidazole rings is 1. The molecule has 2 N–H and O–H groups in total. The van der Waals surface area contributed by atoms with Gasteiger partial charge in [0, 0.05) is 18.9 Å². The van der Waals surface area contributed by atoms with Crippen molar-refractivity contribution in [1.29, 1.82) is 0 Å². The lowest BCUT2D eigenvalue weighted by Crippen LogP contribution is -2.20. The minimum atomic E-state index is 0.968. The van der Waals surface area contributed by atoms with E-state index in [0.717, 1.165) is 25.3 Å². The molecule has 0 fully saturated rings. The van der Waals surface area contributed by atoms with E-state index in [-0.39, 0.29) is 0 Å².